The molecule has 2 aliphatic rings. The molecule has 3 heteroatoms. The van der Waals surface area contributed by atoms with Crippen LogP contribution in [0.4, 0.5) is 0 Å². The number of benzene rings is 2. The third-order valence-corrected chi connectivity index (χ3v) is 6.82. The van der Waals surface area contributed by atoms with E-state index in [1.807, 2.05) is 0 Å². The minimum atomic E-state index is 0. The average Bonchev–Trinajstić information content (AvgIpc) is 3.17. The molecule has 0 radical (unpaired) electrons. The van der Waals surface area contributed by atoms with E-state index in [1.54, 1.807) is 0 Å². The molecule has 0 atom stereocenters. The van der Waals surface area contributed by atoms with Gasteiger partial charge in [-0.1, -0.05) is 0 Å². The SMILES string of the molecule is CC(C)=c1ccc2c([c]1[Zr+2])C(C1=CC(C(C)(C)C)=CC1)=c1ccccc1=2.[Cl-].[Cl-]. The molecule has 0 saturated heterocycles. The van der Waals surface area contributed by atoms with E-state index < -0.39 is 0 Å². The summed E-state index contributed by atoms with van der Waals surface area (Å²) < 4.78 is 1.51. The van der Waals surface area contributed by atoms with Crippen molar-refractivity contribution in [2.75, 3.05) is 0 Å². The predicted molar refractivity (Wildman–Crippen MR) is 107 cm³/mol. The van der Waals surface area contributed by atoms with Crippen LogP contribution in [0.1, 0.15) is 46.6 Å². The largest absolute Gasteiger partial charge is 1.00 e. The van der Waals surface area contributed by atoms with E-state index in [-0.39, 0.29) is 30.2 Å². The van der Waals surface area contributed by atoms with Gasteiger partial charge in [-0.15, -0.1) is 0 Å². The molecule has 2 aromatic carbocycles. The summed E-state index contributed by atoms with van der Waals surface area (Å²) in [6.45, 7) is 11.4. The van der Waals surface area contributed by atoms with Crippen LogP contribution in [0.2, 0.25) is 0 Å². The second-order valence-electron chi connectivity index (χ2n) is 8.61. The number of rotatable bonds is 1. The molecule has 143 valence electrons. The molecule has 0 spiro atoms. The van der Waals surface area contributed by atoms with Crippen molar-refractivity contribution in [3.05, 3.63) is 86.1 Å². The van der Waals surface area contributed by atoms with Crippen LogP contribution in [0.25, 0.3) is 11.1 Å². The third kappa shape index (κ3) is 3.79. The minimum absolute atomic E-state index is 0. The van der Waals surface area contributed by atoms with E-state index in [0.717, 1.165) is 6.42 Å². The minimum Gasteiger partial charge on any atom is -1.00 e. The standard InChI is InChI=1S/C25H25.2ClH.Zr/c1-16(2)17-11-13-21-20-8-6-7-9-22(20)24(23(21)15-17)18-10-12-19(14-18)25(3,4)5;;;/h6-9,11-14H,10H2,1-5H3;2*1H;/q;;;+2/p-2. The first-order valence-corrected chi connectivity index (χ1v) is 10.6. The van der Waals surface area contributed by atoms with Gasteiger partial charge in [0.2, 0.25) is 0 Å². The Morgan fingerprint density at radius 1 is 0.893 bits per heavy atom. The zero-order valence-corrected chi connectivity index (χ0v) is 21.1. The molecule has 0 unspecified atom stereocenters. The van der Waals surface area contributed by atoms with Crippen molar-refractivity contribution >= 4 is 14.4 Å². The van der Waals surface area contributed by atoms with Gasteiger partial charge in [-0.05, 0) is 0 Å². The Morgan fingerprint density at radius 3 is 2.11 bits per heavy atom. The van der Waals surface area contributed by atoms with Gasteiger partial charge in [0.25, 0.3) is 0 Å². The van der Waals surface area contributed by atoms with Crippen LogP contribution in [0, 0.1) is 15.9 Å². The van der Waals surface area contributed by atoms with Crippen LogP contribution in [-0.2, 0) is 24.7 Å². The van der Waals surface area contributed by atoms with Crippen molar-refractivity contribution in [1.29, 1.82) is 0 Å². The maximum absolute atomic E-state index is 2.45. The molecule has 0 N–H and O–H groups in total. The van der Waals surface area contributed by atoms with Gasteiger partial charge in [0.1, 0.15) is 0 Å². The Bertz CT molecular complexity index is 1200. The van der Waals surface area contributed by atoms with Crippen molar-refractivity contribution in [3.8, 4) is 0 Å². The van der Waals surface area contributed by atoms with E-state index in [1.165, 1.54) is 76.7 Å². The Kier molecular flexibility index (Phi) is 7.08. The Balaban J connectivity index is 0.00000140. The van der Waals surface area contributed by atoms with Crippen LogP contribution in [0.15, 0.2) is 59.7 Å². The van der Waals surface area contributed by atoms with Crippen molar-refractivity contribution in [2.24, 2.45) is 5.41 Å². The van der Waals surface area contributed by atoms with Crippen LogP contribution in [-0.4, -0.2) is 0 Å². The number of fused-ring (bicyclic) bond motifs is 2. The molecule has 0 saturated carbocycles. The fourth-order valence-electron chi connectivity index (χ4n) is 4.13. The third-order valence-electron chi connectivity index (χ3n) is 5.54. The summed E-state index contributed by atoms with van der Waals surface area (Å²) in [5, 5.41) is 5.64. The van der Waals surface area contributed by atoms with E-state index in [0.29, 0.717) is 0 Å². The maximum Gasteiger partial charge on any atom is -1.00 e. The normalized spacial score (nSPS) is 14.5. The molecule has 0 aromatic heterocycles. The Hall–Kier alpha value is -0.877. The van der Waals surface area contributed by atoms with E-state index in [2.05, 4.69) is 83.2 Å². The van der Waals surface area contributed by atoms with Gasteiger partial charge in [-0.3, -0.25) is 0 Å². The summed E-state index contributed by atoms with van der Waals surface area (Å²) in [6, 6.07) is 13.6. The number of allylic oxidation sites excluding steroid dienone is 4. The van der Waals surface area contributed by atoms with Crippen LogP contribution >= 0.6 is 0 Å². The van der Waals surface area contributed by atoms with E-state index in [4.69, 9.17) is 0 Å². The second kappa shape index (κ2) is 8.47. The number of hydrogen-bond donors (Lipinski definition) is 0. The summed E-state index contributed by atoms with van der Waals surface area (Å²) in [6.07, 6.45) is 5.92. The fourth-order valence-corrected chi connectivity index (χ4v) is 5.59. The van der Waals surface area contributed by atoms with Crippen molar-refractivity contribution in [1.82, 2.24) is 0 Å². The Morgan fingerprint density at radius 2 is 1.54 bits per heavy atom. The summed E-state index contributed by atoms with van der Waals surface area (Å²) in [5.41, 5.74) is 7.52. The molecule has 0 bridgehead atoms. The van der Waals surface area contributed by atoms with Gasteiger partial charge in [0.05, 0.1) is 0 Å². The summed E-state index contributed by atoms with van der Waals surface area (Å²) in [4.78, 5) is 0. The van der Waals surface area contributed by atoms with E-state index in [9.17, 15) is 0 Å². The number of hydrogen-bond acceptors (Lipinski definition) is 0. The van der Waals surface area contributed by atoms with Crippen molar-refractivity contribution in [3.63, 3.8) is 0 Å². The van der Waals surface area contributed by atoms with Crippen LogP contribution in [0.5, 0.6) is 0 Å². The van der Waals surface area contributed by atoms with Crippen LogP contribution in [0.3, 0.4) is 0 Å². The molecule has 2 aromatic rings. The average molecular weight is 488 g/mol. The molecule has 2 aliphatic carbocycles. The smallest absolute Gasteiger partial charge is 1.00 e. The molecule has 0 amide bonds. The zero-order valence-electron chi connectivity index (χ0n) is 17.1. The fraction of sp³-hybridized carbons (Fsp3) is 0.280. The summed E-state index contributed by atoms with van der Waals surface area (Å²) >= 11 is 1.50. The zero-order chi connectivity index (χ0) is 18.6. The monoisotopic (exact) mass is 485 g/mol. The molecular formula is C25H25Cl2Zr. The molecular weight excluding hydrogens is 462 g/mol. The number of halogens is 2. The molecule has 0 aliphatic heterocycles. The van der Waals surface area contributed by atoms with Gasteiger partial charge in [-0.2, -0.15) is 0 Å². The molecule has 28 heavy (non-hydrogen) atoms. The maximum atomic E-state index is 2.45. The van der Waals surface area contributed by atoms with Crippen molar-refractivity contribution in [2.45, 2.75) is 41.0 Å². The van der Waals surface area contributed by atoms with Crippen LogP contribution < -0.4 is 38.5 Å². The predicted octanol–water partition coefficient (Wildman–Crippen LogP) is -1.84. The molecule has 0 nitrogen and oxygen atoms in total. The summed E-state index contributed by atoms with van der Waals surface area (Å²) in [5.74, 6) is 0. The summed E-state index contributed by atoms with van der Waals surface area (Å²) in [7, 11) is 0. The van der Waals surface area contributed by atoms with Gasteiger partial charge in [0.15, 0.2) is 0 Å². The van der Waals surface area contributed by atoms with Crippen molar-refractivity contribution < 1.29 is 49.5 Å². The Labute approximate surface area is 195 Å². The molecule has 0 heterocycles. The topological polar surface area (TPSA) is 0 Å². The van der Waals surface area contributed by atoms with Gasteiger partial charge >= 0.3 is 172 Å². The molecule has 4 rings (SSSR count). The first-order valence-electron chi connectivity index (χ1n) is 9.37. The first-order chi connectivity index (χ1) is 12.3. The van der Waals surface area contributed by atoms with Gasteiger partial charge < -0.3 is 24.8 Å². The quantitative estimate of drug-likeness (QED) is 0.444. The van der Waals surface area contributed by atoms with Gasteiger partial charge in [0, 0.05) is 0 Å². The molecule has 0 fully saturated rings. The first kappa shape index (κ1) is 23.4. The van der Waals surface area contributed by atoms with E-state index >= 15 is 0 Å². The second-order valence-corrected chi connectivity index (χ2v) is 9.84. The van der Waals surface area contributed by atoms with Gasteiger partial charge in [-0.25, -0.2) is 0 Å².